The van der Waals surface area contributed by atoms with Gasteiger partial charge in [0.1, 0.15) is 5.82 Å². The predicted octanol–water partition coefficient (Wildman–Crippen LogP) is 1.59. The Labute approximate surface area is 118 Å². The third kappa shape index (κ3) is 3.45. The first kappa shape index (κ1) is 14.3. The number of aromatic nitrogens is 2. The molecule has 0 aliphatic rings. The zero-order valence-corrected chi connectivity index (χ0v) is 11.8. The molecule has 0 atom stereocenters. The molecule has 0 radical (unpaired) electrons. The molecule has 5 heteroatoms. The van der Waals surface area contributed by atoms with Crippen LogP contribution in [-0.2, 0) is 17.8 Å². The minimum absolute atomic E-state index is 0.186. The molecule has 0 bridgehead atoms. The topological polar surface area (TPSA) is 72.9 Å². The molecular formula is C15H20N4O. The normalized spacial score (nSPS) is 10.8. The Morgan fingerprint density at radius 2 is 1.95 bits per heavy atom. The lowest BCUT2D eigenvalue weighted by Crippen LogP contribution is -2.31. The number of carbonyl (C=O) groups excluding carboxylic acids is 1. The smallest absolute Gasteiger partial charge is 0.238 e. The number of nitrogens with two attached hydrogens (primary N) is 1. The molecule has 106 valence electrons. The van der Waals surface area contributed by atoms with Gasteiger partial charge in [-0.25, -0.2) is 10.8 Å². The van der Waals surface area contributed by atoms with Crippen LogP contribution in [0.3, 0.4) is 0 Å². The summed E-state index contributed by atoms with van der Waals surface area (Å²) in [6.07, 6.45) is 4.12. The van der Waals surface area contributed by atoms with Gasteiger partial charge in [0.2, 0.25) is 5.91 Å². The average Bonchev–Trinajstić information content (AvgIpc) is 2.89. The van der Waals surface area contributed by atoms with Crippen LogP contribution in [0.5, 0.6) is 0 Å². The second-order valence-corrected chi connectivity index (χ2v) is 5.13. The fourth-order valence-electron chi connectivity index (χ4n) is 2.15. The molecule has 0 saturated heterocycles. The molecule has 3 N–H and O–H groups in total. The molecule has 1 aromatic heterocycles. The van der Waals surface area contributed by atoms with Crippen molar-refractivity contribution in [3.8, 4) is 0 Å². The third-order valence-electron chi connectivity index (χ3n) is 3.17. The molecule has 1 heterocycles. The number of hydrogen-bond acceptors (Lipinski definition) is 3. The molecule has 5 nitrogen and oxygen atoms in total. The van der Waals surface area contributed by atoms with Crippen molar-refractivity contribution < 1.29 is 4.79 Å². The van der Waals surface area contributed by atoms with E-state index in [2.05, 4.69) is 28.8 Å². The van der Waals surface area contributed by atoms with Gasteiger partial charge in [-0.05, 0) is 11.1 Å². The van der Waals surface area contributed by atoms with Crippen LogP contribution in [-0.4, -0.2) is 15.5 Å². The number of rotatable bonds is 5. The Balaban J connectivity index is 2.07. The second kappa shape index (κ2) is 6.34. The summed E-state index contributed by atoms with van der Waals surface area (Å²) in [6, 6.07) is 7.97. The van der Waals surface area contributed by atoms with Crippen molar-refractivity contribution in [3.05, 3.63) is 53.6 Å². The second-order valence-electron chi connectivity index (χ2n) is 5.13. The van der Waals surface area contributed by atoms with Gasteiger partial charge >= 0.3 is 0 Å². The van der Waals surface area contributed by atoms with E-state index in [1.807, 2.05) is 36.7 Å². The van der Waals surface area contributed by atoms with E-state index in [0.29, 0.717) is 12.3 Å². The van der Waals surface area contributed by atoms with Gasteiger partial charge in [0.05, 0.1) is 6.42 Å². The maximum absolute atomic E-state index is 11.2. The van der Waals surface area contributed by atoms with E-state index in [1.54, 1.807) is 0 Å². The summed E-state index contributed by atoms with van der Waals surface area (Å²) in [4.78, 5) is 15.6. The number of nitrogens with zero attached hydrogens (tertiary/aromatic N) is 2. The Kier molecular flexibility index (Phi) is 4.53. The highest BCUT2D eigenvalue weighted by Crippen LogP contribution is 2.14. The molecule has 20 heavy (non-hydrogen) atoms. The number of imidazole rings is 1. The van der Waals surface area contributed by atoms with Crippen molar-refractivity contribution in [2.45, 2.75) is 32.7 Å². The minimum Gasteiger partial charge on any atom is -0.330 e. The Hall–Kier alpha value is -2.14. The number of carbonyl (C=O) groups is 1. The number of nitrogens with one attached hydrogen (secondary N) is 1. The fourth-order valence-corrected chi connectivity index (χ4v) is 2.15. The lowest BCUT2D eigenvalue weighted by molar-refractivity contribution is -0.120. The molecule has 0 saturated carbocycles. The average molecular weight is 272 g/mol. The molecule has 2 rings (SSSR count). The number of hydrogen-bond donors (Lipinski definition) is 2. The van der Waals surface area contributed by atoms with Crippen LogP contribution >= 0.6 is 0 Å². The lowest BCUT2D eigenvalue weighted by atomic mass is 10.1. The summed E-state index contributed by atoms with van der Waals surface area (Å²) in [5.74, 6) is 6.37. The maximum atomic E-state index is 11.2. The first-order valence-electron chi connectivity index (χ1n) is 6.68. The van der Waals surface area contributed by atoms with E-state index in [0.717, 1.165) is 17.9 Å². The van der Waals surface area contributed by atoms with E-state index < -0.39 is 0 Å². The summed E-state index contributed by atoms with van der Waals surface area (Å²) in [5, 5.41) is 0. The van der Waals surface area contributed by atoms with Gasteiger partial charge in [-0.1, -0.05) is 38.1 Å². The molecule has 0 spiro atoms. The van der Waals surface area contributed by atoms with Crippen molar-refractivity contribution in [3.63, 3.8) is 0 Å². The van der Waals surface area contributed by atoms with Gasteiger partial charge in [0, 0.05) is 24.9 Å². The number of amides is 1. The first-order chi connectivity index (χ1) is 9.60. The quantitative estimate of drug-likeness (QED) is 0.493. The largest absolute Gasteiger partial charge is 0.330 e. The van der Waals surface area contributed by atoms with E-state index >= 15 is 0 Å². The van der Waals surface area contributed by atoms with Gasteiger partial charge in [-0.2, -0.15) is 0 Å². The van der Waals surface area contributed by atoms with E-state index in [4.69, 9.17) is 5.84 Å². The Bertz CT molecular complexity index is 572. The first-order valence-corrected chi connectivity index (χ1v) is 6.68. The molecule has 0 aliphatic heterocycles. The maximum Gasteiger partial charge on any atom is 0.238 e. The molecule has 1 aromatic carbocycles. The predicted molar refractivity (Wildman–Crippen MR) is 77.9 cm³/mol. The zero-order chi connectivity index (χ0) is 14.5. The highest BCUT2D eigenvalue weighted by molar-refractivity contribution is 5.77. The van der Waals surface area contributed by atoms with Crippen LogP contribution in [0.1, 0.15) is 36.7 Å². The number of hydrazine groups is 1. The molecular weight excluding hydrogens is 252 g/mol. The van der Waals surface area contributed by atoms with Crippen molar-refractivity contribution in [2.24, 2.45) is 5.84 Å². The summed E-state index contributed by atoms with van der Waals surface area (Å²) in [5.41, 5.74) is 4.27. The van der Waals surface area contributed by atoms with E-state index in [-0.39, 0.29) is 5.91 Å². The summed E-state index contributed by atoms with van der Waals surface area (Å²) in [7, 11) is 0. The van der Waals surface area contributed by atoms with Gasteiger partial charge in [0.15, 0.2) is 0 Å². The molecule has 2 aromatic rings. The molecule has 0 aliphatic carbocycles. The van der Waals surface area contributed by atoms with E-state index in [1.165, 1.54) is 5.56 Å². The highest BCUT2D eigenvalue weighted by Gasteiger charge is 2.07. The van der Waals surface area contributed by atoms with E-state index in [9.17, 15) is 4.79 Å². The monoisotopic (exact) mass is 272 g/mol. The molecule has 0 unspecified atom stereocenters. The zero-order valence-electron chi connectivity index (χ0n) is 11.8. The summed E-state index contributed by atoms with van der Waals surface area (Å²) >= 11 is 0. The summed E-state index contributed by atoms with van der Waals surface area (Å²) < 4.78 is 2.15. The van der Waals surface area contributed by atoms with Crippen LogP contribution < -0.4 is 11.3 Å². The van der Waals surface area contributed by atoms with Crippen LogP contribution in [0.15, 0.2) is 36.7 Å². The lowest BCUT2D eigenvalue weighted by Gasteiger charge is -2.10. The van der Waals surface area contributed by atoms with Crippen LogP contribution in [0.4, 0.5) is 0 Å². The van der Waals surface area contributed by atoms with Crippen molar-refractivity contribution in [1.82, 2.24) is 15.0 Å². The SMILES string of the molecule is CC(C)c1nccn1Cc1ccc(CC(=O)NN)cc1. The van der Waals surface area contributed by atoms with Crippen LogP contribution in [0.2, 0.25) is 0 Å². The van der Waals surface area contributed by atoms with Gasteiger partial charge in [0.25, 0.3) is 0 Å². The Morgan fingerprint density at radius 1 is 1.30 bits per heavy atom. The molecule has 1 amide bonds. The van der Waals surface area contributed by atoms with Crippen LogP contribution in [0.25, 0.3) is 0 Å². The van der Waals surface area contributed by atoms with Crippen molar-refractivity contribution in [1.29, 1.82) is 0 Å². The van der Waals surface area contributed by atoms with Gasteiger partial charge in [-0.15, -0.1) is 0 Å². The highest BCUT2D eigenvalue weighted by atomic mass is 16.2. The summed E-state index contributed by atoms with van der Waals surface area (Å²) in [6.45, 7) is 5.05. The van der Waals surface area contributed by atoms with Gasteiger partial charge < -0.3 is 4.57 Å². The van der Waals surface area contributed by atoms with Crippen molar-refractivity contribution >= 4 is 5.91 Å². The standard InChI is InChI=1S/C15H20N4O/c1-11(2)15-17-7-8-19(15)10-13-5-3-12(4-6-13)9-14(20)18-16/h3-8,11H,9-10,16H2,1-2H3,(H,18,20). The van der Waals surface area contributed by atoms with Crippen LogP contribution in [0, 0.1) is 0 Å². The third-order valence-corrected chi connectivity index (χ3v) is 3.17. The van der Waals surface area contributed by atoms with Crippen molar-refractivity contribution in [2.75, 3.05) is 0 Å². The molecule has 0 fully saturated rings. The fraction of sp³-hybridized carbons (Fsp3) is 0.333. The minimum atomic E-state index is -0.186. The Morgan fingerprint density at radius 3 is 2.55 bits per heavy atom. The number of benzene rings is 1. The van der Waals surface area contributed by atoms with Gasteiger partial charge in [-0.3, -0.25) is 10.2 Å².